The number of nitrogens with one attached hydrogen (secondary N) is 1. The van der Waals surface area contributed by atoms with Gasteiger partial charge in [-0.15, -0.1) is 0 Å². The zero-order valence-electron chi connectivity index (χ0n) is 12.2. The number of hydrogen-bond donors (Lipinski definition) is 2. The lowest BCUT2D eigenvalue weighted by atomic mass is 10.2. The first kappa shape index (κ1) is 15.9. The van der Waals surface area contributed by atoms with Crippen LogP contribution in [0.1, 0.15) is 25.3 Å². The fourth-order valence-electron chi connectivity index (χ4n) is 1.92. The molecule has 21 heavy (non-hydrogen) atoms. The molecule has 0 saturated carbocycles. The highest BCUT2D eigenvalue weighted by Gasteiger charge is 2.02. The lowest BCUT2D eigenvalue weighted by Crippen LogP contribution is -1.98. The van der Waals surface area contributed by atoms with Crippen LogP contribution in [0.5, 0.6) is 5.75 Å². The highest BCUT2D eigenvalue weighted by atomic mass is 127. The Labute approximate surface area is 140 Å². The molecule has 0 saturated heterocycles. The minimum Gasteiger partial charge on any atom is -0.494 e. The molecule has 0 aliphatic carbocycles. The molecule has 0 aliphatic heterocycles. The highest BCUT2D eigenvalue weighted by molar-refractivity contribution is 14.1. The molecule has 112 valence electrons. The Balaban J connectivity index is 2.03. The maximum Gasteiger partial charge on any atom is 0.119 e. The molecule has 0 radical (unpaired) electrons. The van der Waals surface area contributed by atoms with Gasteiger partial charge in [0.25, 0.3) is 0 Å². The van der Waals surface area contributed by atoms with Crippen molar-refractivity contribution in [3.63, 3.8) is 0 Å². The first-order chi connectivity index (χ1) is 10.2. The summed E-state index contributed by atoms with van der Waals surface area (Å²) in [6.07, 6.45) is 2.23. The smallest absolute Gasteiger partial charge is 0.119 e. The second-order valence-electron chi connectivity index (χ2n) is 4.91. The molecular weight excluding hydrogens is 375 g/mol. The molecule has 2 rings (SSSR count). The van der Waals surface area contributed by atoms with Gasteiger partial charge in [0.1, 0.15) is 5.75 Å². The van der Waals surface area contributed by atoms with Crippen molar-refractivity contribution >= 4 is 39.7 Å². The summed E-state index contributed by atoms with van der Waals surface area (Å²) in [7, 11) is 0. The van der Waals surface area contributed by atoms with Crippen molar-refractivity contribution in [3.8, 4) is 5.75 Å². The van der Waals surface area contributed by atoms with E-state index in [1.54, 1.807) is 0 Å². The number of benzene rings is 2. The van der Waals surface area contributed by atoms with Crippen LogP contribution in [-0.2, 0) is 4.43 Å². The molecule has 3 nitrogen and oxygen atoms in total. The Bertz CT molecular complexity index is 570. The van der Waals surface area contributed by atoms with Gasteiger partial charge in [0.2, 0.25) is 0 Å². The molecule has 0 atom stereocenters. The second kappa shape index (κ2) is 8.12. The van der Waals surface area contributed by atoms with Gasteiger partial charge in [-0.2, -0.15) is 0 Å². The fourth-order valence-corrected chi connectivity index (χ4v) is 2.39. The lowest BCUT2D eigenvalue weighted by molar-refractivity contribution is 0.309. The van der Waals surface area contributed by atoms with E-state index in [-0.39, 0.29) is 0 Å². The number of nitrogens with two attached hydrogens (primary N) is 1. The van der Waals surface area contributed by atoms with Crippen LogP contribution < -0.4 is 15.8 Å². The van der Waals surface area contributed by atoms with E-state index in [9.17, 15) is 0 Å². The highest BCUT2D eigenvalue weighted by Crippen LogP contribution is 2.26. The summed E-state index contributed by atoms with van der Waals surface area (Å²) in [5.74, 6) is 0.906. The van der Waals surface area contributed by atoms with Gasteiger partial charge in [-0.25, -0.2) is 0 Å². The van der Waals surface area contributed by atoms with E-state index >= 15 is 0 Å². The Morgan fingerprint density at radius 2 is 1.90 bits per heavy atom. The number of unbranched alkanes of at least 4 members (excludes halogenated alkanes) is 1. The van der Waals surface area contributed by atoms with E-state index in [2.05, 4.69) is 47.0 Å². The molecule has 3 N–H and O–H groups in total. The van der Waals surface area contributed by atoms with Crippen molar-refractivity contribution in [3.05, 3.63) is 48.0 Å². The third kappa shape index (κ3) is 4.81. The number of anilines is 3. The molecule has 0 aromatic heterocycles. The van der Waals surface area contributed by atoms with Crippen LogP contribution >= 0.6 is 22.6 Å². The number of halogens is 1. The molecule has 0 bridgehead atoms. The van der Waals surface area contributed by atoms with Gasteiger partial charge >= 0.3 is 0 Å². The third-order valence-electron chi connectivity index (χ3n) is 3.17. The van der Waals surface area contributed by atoms with E-state index in [0.29, 0.717) is 0 Å². The lowest BCUT2D eigenvalue weighted by Gasteiger charge is -2.11. The van der Waals surface area contributed by atoms with Crippen LogP contribution in [0.2, 0.25) is 0 Å². The van der Waals surface area contributed by atoms with Gasteiger partial charge in [0, 0.05) is 10.1 Å². The number of nitrogen functional groups attached to an aromatic ring is 1. The van der Waals surface area contributed by atoms with E-state index in [0.717, 1.165) is 46.7 Å². The second-order valence-corrected chi connectivity index (χ2v) is 5.67. The summed E-state index contributed by atoms with van der Waals surface area (Å²) in [5.41, 5.74) is 9.98. The molecule has 0 spiro atoms. The summed E-state index contributed by atoms with van der Waals surface area (Å²) >= 11 is 2.35. The summed E-state index contributed by atoms with van der Waals surface area (Å²) in [4.78, 5) is 0. The van der Waals surface area contributed by atoms with E-state index in [1.807, 2.05) is 30.3 Å². The molecule has 0 amide bonds. The van der Waals surface area contributed by atoms with Crippen LogP contribution in [-0.4, -0.2) is 6.61 Å². The van der Waals surface area contributed by atoms with Gasteiger partial charge < -0.3 is 15.8 Å². The van der Waals surface area contributed by atoms with Crippen LogP contribution in [0.25, 0.3) is 0 Å². The number of ether oxygens (including phenoxy) is 1. The van der Waals surface area contributed by atoms with Crippen LogP contribution in [0, 0.1) is 0 Å². The number of hydrogen-bond acceptors (Lipinski definition) is 3. The fraction of sp³-hybridized carbons (Fsp3) is 0.294. The summed E-state index contributed by atoms with van der Waals surface area (Å²) < 4.78 is 6.63. The summed E-state index contributed by atoms with van der Waals surface area (Å²) in [6.45, 7) is 2.93. The van der Waals surface area contributed by atoms with Crippen LogP contribution in [0.4, 0.5) is 17.1 Å². The average Bonchev–Trinajstić information content (AvgIpc) is 2.51. The van der Waals surface area contributed by atoms with E-state index in [4.69, 9.17) is 10.5 Å². The first-order valence-corrected chi connectivity index (χ1v) is 8.69. The SMILES string of the molecule is CCCCOc1ccc(Nc2cc(CI)ccc2N)cc1. The topological polar surface area (TPSA) is 47.3 Å². The third-order valence-corrected chi connectivity index (χ3v) is 4.05. The van der Waals surface area contributed by atoms with Crippen LogP contribution in [0.3, 0.4) is 0 Å². The normalized spacial score (nSPS) is 10.4. The van der Waals surface area contributed by atoms with Crippen molar-refractivity contribution in [1.29, 1.82) is 0 Å². The summed E-state index contributed by atoms with van der Waals surface area (Å²) in [6, 6.07) is 14.1. The van der Waals surface area contributed by atoms with Gasteiger partial charge in [0.15, 0.2) is 0 Å². The Morgan fingerprint density at radius 1 is 1.14 bits per heavy atom. The maximum absolute atomic E-state index is 6.01. The zero-order chi connectivity index (χ0) is 15.1. The zero-order valence-corrected chi connectivity index (χ0v) is 14.4. The average molecular weight is 396 g/mol. The first-order valence-electron chi connectivity index (χ1n) is 7.17. The minimum absolute atomic E-state index is 0.756. The van der Waals surface area contributed by atoms with Crippen molar-refractivity contribution in [2.75, 3.05) is 17.7 Å². The predicted octanol–water partition coefficient (Wildman–Crippen LogP) is 5.13. The summed E-state index contributed by atoms with van der Waals surface area (Å²) in [5, 5.41) is 3.36. The largest absolute Gasteiger partial charge is 0.494 e. The minimum atomic E-state index is 0.756. The molecule has 4 heteroatoms. The molecule has 0 unspecified atom stereocenters. The van der Waals surface area contributed by atoms with Crippen molar-refractivity contribution in [2.45, 2.75) is 24.2 Å². The standard InChI is InChI=1S/C17H21IN2O/c1-2-3-10-21-15-7-5-14(6-8-15)20-17-11-13(12-18)4-9-16(17)19/h4-9,11,20H,2-3,10,12,19H2,1H3. The molecule has 0 heterocycles. The van der Waals surface area contributed by atoms with E-state index < -0.39 is 0 Å². The predicted molar refractivity (Wildman–Crippen MR) is 98.7 cm³/mol. The van der Waals surface area contributed by atoms with Crippen molar-refractivity contribution in [2.24, 2.45) is 0 Å². The monoisotopic (exact) mass is 396 g/mol. The molecule has 2 aromatic carbocycles. The maximum atomic E-state index is 6.01. The Hall–Kier alpha value is -1.43. The molecule has 0 fully saturated rings. The number of rotatable bonds is 7. The van der Waals surface area contributed by atoms with Crippen molar-refractivity contribution in [1.82, 2.24) is 0 Å². The van der Waals surface area contributed by atoms with Gasteiger partial charge in [0.05, 0.1) is 18.0 Å². The van der Waals surface area contributed by atoms with E-state index in [1.165, 1.54) is 5.56 Å². The molecule has 0 aliphatic rings. The Morgan fingerprint density at radius 3 is 2.57 bits per heavy atom. The van der Waals surface area contributed by atoms with Crippen LogP contribution in [0.15, 0.2) is 42.5 Å². The molecule has 2 aromatic rings. The molecular formula is C17H21IN2O. The van der Waals surface area contributed by atoms with Crippen molar-refractivity contribution < 1.29 is 4.74 Å². The Kier molecular flexibility index (Phi) is 6.17. The van der Waals surface area contributed by atoms with Gasteiger partial charge in [-0.3, -0.25) is 0 Å². The quantitative estimate of drug-likeness (QED) is 0.295. The van der Waals surface area contributed by atoms with Gasteiger partial charge in [-0.1, -0.05) is 42.0 Å². The van der Waals surface area contributed by atoms with Gasteiger partial charge in [-0.05, 0) is 48.4 Å². The number of alkyl halides is 1.